The third kappa shape index (κ3) is 1.80. The highest BCUT2D eigenvalue weighted by Crippen LogP contribution is 2.29. The summed E-state index contributed by atoms with van der Waals surface area (Å²) in [5.41, 5.74) is 1.63. The smallest absolute Gasteiger partial charge is 0.129 e. The monoisotopic (exact) mass is 208 g/mol. The number of phenols is 1. The van der Waals surface area contributed by atoms with Gasteiger partial charge in [0.2, 0.25) is 0 Å². The van der Waals surface area contributed by atoms with Crippen LogP contribution >= 0.6 is 0 Å². The third-order valence-corrected chi connectivity index (χ3v) is 2.45. The maximum absolute atomic E-state index is 13.0. The molecule has 0 saturated heterocycles. The maximum atomic E-state index is 13.0. The van der Waals surface area contributed by atoms with Crippen LogP contribution in [0.25, 0.3) is 10.9 Å². The number of H-pyrrole nitrogens is 1. The first-order chi connectivity index (χ1) is 7.22. The summed E-state index contributed by atoms with van der Waals surface area (Å²) in [5, 5.41) is 13.4. The van der Waals surface area contributed by atoms with Crippen molar-refractivity contribution < 1.29 is 9.50 Å². The minimum absolute atomic E-state index is 0.00245. The Bertz CT molecular complexity index is 479. The molecule has 4 heteroatoms. The molecule has 0 aliphatic heterocycles. The topological polar surface area (TPSA) is 48.0 Å². The van der Waals surface area contributed by atoms with Gasteiger partial charge in [-0.1, -0.05) is 0 Å². The number of likely N-dealkylation sites (N-methyl/N-ethyl adjacent to an activating group) is 1. The van der Waals surface area contributed by atoms with Crippen LogP contribution < -0.4 is 5.32 Å². The average Bonchev–Trinajstić information content (AvgIpc) is 2.58. The minimum atomic E-state index is -0.429. The second kappa shape index (κ2) is 3.90. The molecule has 0 radical (unpaired) electrons. The van der Waals surface area contributed by atoms with Crippen LogP contribution in [-0.4, -0.2) is 23.7 Å². The first-order valence-electron chi connectivity index (χ1n) is 4.85. The summed E-state index contributed by atoms with van der Waals surface area (Å²) in [7, 11) is 1.87. The van der Waals surface area contributed by atoms with Gasteiger partial charge in [0.15, 0.2) is 0 Å². The fourth-order valence-corrected chi connectivity index (χ4v) is 1.74. The number of halogens is 1. The molecule has 3 nitrogen and oxygen atoms in total. The van der Waals surface area contributed by atoms with Crippen molar-refractivity contribution in [1.82, 2.24) is 10.3 Å². The zero-order valence-electron chi connectivity index (χ0n) is 8.47. The summed E-state index contributed by atoms with van der Waals surface area (Å²) >= 11 is 0. The molecule has 3 N–H and O–H groups in total. The highest BCUT2D eigenvalue weighted by atomic mass is 19.1. The minimum Gasteiger partial charge on any atom is -0.507 e. The summed E-state index contributed by atoms with van der Waals surface area (Å²) < 4.78 is 13.0. The van der Waals surface area contributed by atoms with Gasteiger partial charge in [-0.15, -0.1) is 0 Å². The first kappa shape index (κ1) is 9.98. The lowest BCUT2D eigenvalue weighted by molar-refractivity contribution is 0.475. The summed E-state index contributed by atoms with van der Waals surface area (Å²) in [6.07, 6.45) is 2.61. The number of hydrogen-bond acceptors (Lipinski definition) is 2. The molecule has 80 valence electrons. The number of aromatic nitrogens is 1. The number of benzene rings is 1. The number of aromatic hydroxyl groups is 1. The van der Waals surface area contributed by atoms with E-state index in [9.17, 15) is 9.50 Å². The van der Waals surface area contributed by atoms with Gasteiger partial charge in [0.25, 0.3) is 0 Å². The molecular weight excluding hydrogens is 195 g/mol. The molecule has 0 saturated carbocycles. The molecule has 1 aromatic heterocycles. The number of rotatable bonds is 3. The van der Waals surface area contributed by atoms with Gasteiger partial charge in [-0.05, 0) is 31.6 Å². The molecule has 2 aromatic rings. The van der Waals surface area contributed by atoms with Crippen molar-refractivity contribution in [3.05, 3.63) is 29.7 Å². The van der Waals surface area contributed by atoms with Gasteiger partial charge < -0.3 is 15.4 Å². The molecule has 0 unspecified atom stereocenters. The fourth-order valence-electron chi connectivity index (χ4n) is 1.74. The quantitative estimate of drug-likeness (QED) is 0.720. The standard InChI is InChI=1S/C11H13FN2O/c1-13-3-2-7-6-14-9-4-8(12)5-10(15)11(7)9/h4-6,13-15H,2-3H2,1H3. The molecule has 0 aliphatic carbocycles. The molecule has 15 heavy (non-hydrogen) atoms. The van der Waals surface area contributed by atoms with Crippen LogP contribution in [0.1, 0.15) is 5.56 Å². The van der Waals surface area contributed by atoms with Crippen molar-refractivity contribution in [2.24, 2.45) is 0 Å². The molecule has 0 amide bonds. The van der Waals surface area contributed by atoms with Crippen molar-refractivity contribution in [1.29, 1.82) is 0 Å². The van der Waals surface area contributed by atoms with Crippen molar-refractivity contribution in [3.8, 4) is 5.75 Å². The molecule has 2 rings (SSSR count). The Labute approximate surface area is 86.9 Å². The third-order valence-electron chi connectivity index (χ3n) is 2.45. The molecule has 0 spiro atoms. The van der Waals surface area contributed by atoms with E-state index in [0.717, 1.165) is 24.6 Å². The average molecular weight is 208 g/mol. The van der Waals surface area contributed by atoms with Crippen molar-refractivity contribution in [2.75, 3.05) is 13.6 Å². The van der Waals surface area contributed by atoms with Crippen LogP contribution in [0.5, 0.6) is 5.75 Å². The molecule has 1 heterocycles. The lowest BCUT2D eigenvalue weighted by Crippen LogP contribution is -2.09. The van der Waals surface area contributed by atoms with Gasteiger partial charge in [-0.2, -0.15) is 0 Å². The van der Waals surface area contributed by atoms with E-state index in [0.29, 0.717) is 10.9 Å². The van der Waals surface area contributed by atoms with E-state index in [1.54, 1.807) is 6.20 Å². The Hall–Kier alpha value is -1.55. The summed E-state index contributed by atoms with van der Waals surface area (Å²) in [6.45, 7) is 0.823. The molecular formula is C11H13FN2O. The van der Waals surface area contributed by atoms with Crippen LogP contribution in [0, 0.1) is 5.82 Å². The Morgan fingerprint density at radius 2 is 2.27 bits per heavy atom. The van der Waals surface area contributed by atoms with Crippen LogP contribution in [0.15, 0.2) is 18.3 Å². The lowest BCUT2D eigenvalue weighted by atomic mass is 10.1. The van der Waals surface area contributed by atoms with E-state index in [-0.39, 0.29) is 5.75 Å². The highest BCUT2D eigenvalue weighted by Gasteiger charge is 2.09. The second-order valence-electron chi connectivity index (χ2n) is 3.51. The molecule has 0 bridgehead atoms. The van der Waals surface area contributed by atoms with Gasteiger partial charge in [-0.25, -0.2) is 4.39 Å². The van der Waals surface area contributed by atoms with E-state index in [1.165, 1.54) is 6.07 Å². The maximum Gasteiger partial charge on any atom is 0.129 e. The van der Waals surface area contributed by atoms with Crippen LogP contribution in [0.3, 0.4) is 0 Å². The van der Waals surface area contributed by atoms with Gasteiger partial charge in [0, 0.05) is 17.6 Å². The Morgan fingerprint density at radius 1 is 1.47 bits per heavy atom. The highest BCUT2D eigenvalue weighted by molar-refractivity contribution is 5.89. The van der Waals surface area contributed by atoms with Gasteiger partial charge in [0.1, 0.15) is 11.6 Å². The van der Waals surface area contributed by atoms with Crippen molar-refractivity contribution in [3.63, 3.8) is 0 Å². The Morgan fingerprint density at radius 3 is 3.00 bits per heavy atom. The zero-order valence-corrected chi connectivity index (χ0v) is 8.47. The van der Waals surface area contributed by atoms with Gasteiger partial charge in [0.05, 0.1) is 5.52 Å². The zero-order chi connectivity index (χ0) is 10.8. The van der Waals surface area contributed by atoms with E-state index < -0.39 is 5.82 Å². The number of phenolic OH excluding ortho intramolecular Hbond substituents is 1. The van der Waals surface area contributed by atoms with Crippen molar-refractivity contribution in [2.45, 2.75) is 6.42 Å². The van der Waals surface area contributed by atoms with Crippen molar-refractivity contribution >= 4 is 10.9 Å². The first-order valence-corrected chi connectivity index (χ1v) is 4.85. The van der Waals surface area contributed by atoms with Gasteiger partial charge >= 0.3 is 0 Å². The Balaban J connectivity index is 2.49. The fraction of sp³-hybridized carbons (Fsp3) is 0.273. The van der Waals surface area contributed by atoms with Crippen LogP contribution in [-0.2, 0) is 6.42 Å². The summed E-state index contributed by atoms with van der Waals surface area (Å²) in [5.74, 6) is -0.431. The summed E-state index contributed by atoms with van der Waals surface area (Å²) in [4.78, 5) is 2.95. The normalized spacial score (nSPS) is 11.1. The lowest BCUT2D eigenvalue weighted by Gasteiger charge is -2.01. The SMILES string of the molecule is CNCCc1c[nH]c2cc(F)cc(O)c12. The van der Waals surface area contributed by atoms with E-state index in [4.69, 9.17) is 0 Å². The van der Waals surface area contributed by atoms with Crippen LogP contribution in [0.4, 0.5) is 4.39 Å². The predicted molar refractivity (Wildman–Crippen MR) is 57.6 cm³/mol. The van der Waals surface area contributed by atoms with Crippen LogP contribution in [0.2, 0.25) is 0 Å². The number of fused-ring (bicyclic) bond motifs is 1. The molecule has 0 aliphatic rings. The Kier molecular flexibility index (Phi) is 2.60. The molecule has 0 atom stereocenters. The van der Waals surface area contributed by atoms with Gasteiger partial charge in [-0.3, -0.25) is 0 Å². The molecule has 1 aromatic carbocycles. The second-order valence-corrected chi connectivity index (χ2v) is 3.51. The van der Waals surface area contributed by atoms with E-state index in [2.05, 4.69) is 10.3 Å². The molecule has 0 fully saturated rings. The van der Waals surface area contributed by atoms with E-state index in [1.807, 2.05) is 7.05 Å². The number of nitrogens with one attached hydrogen (secondary N) is 2. The summed E-state index contributed by atoms with van der Waals surface area (Å²) in [6, 6.07) is 2.52. The number of hydrogen-bond donors (Lipinski definition) is 3. The predicted octanol–water partition coefficient (Wildman–Crippen LogP) is 1.77. The largest absolute Gasteiger partial charge is 0.507 e. The van der Waals surface area contributed by atoms with E-state index >= 15 is 0 Å². The number of aromatic amines is 1.